The maximum atomic E-state index is 13.9. The van der Waals surface area contributed by atoms with Gasteiger partial charge in [-0.2, -0.15) is 0 Å². The lowest BCUT2D eigenvalue weighted by atomic mass is 9.83. The zero-order valence-corrected chi connectivity index (χ0v) is 26.1. The summed E-state index contributed by atoms with van der Waals surface area (Å²) in [5, 5.41) is 3.54. The van der Waals surface area contributed by atoms with Gasteiger partial charge in [-0.15, -0.1) is 0 Å². The number of aromatic nitrogens is 1. The van der Waals surface area contributed by atoms with Gasteiger partial charge in [-0.25, -0.2) is 4.90 Å². The number of imide groups is 1. The van der Waals surface area contributed by atoms with Crippen molar-refractivity contribution in [3.05, 3.63) is 106 Å². The van der Waals surface area contributed by atoms with Crippen LogP contribution >= 0.6 is 73.8 Å². The van der Waals surface area contributed by atoms with Crippen LogP contribution in [0.5, 0.6) is 0 Å². The summed E-state index contributed by atoms with van der Waals surface area (Å²) in [5.74, 6) is -2.51. The highest BCUT2D eigenvalue weighted by atomic mass is 79.9. The number of nitrogens with zero attached hydrogens (tertiary/aromatic N) is 2. The van der Waals surface area contributed by atoms with Crippen LogP contribution in [-0.2, 0) is 20.9 Å². The molecule has 208 valence electrons. The quantitative estimate of drug-likeness (QED) is 0.224. The molecule has 1 saturated heterocycles. The molecule has 1 aromatic heterocycles. The summed E-state index contributed by atoms with van der Waals surface area (Å²) in [5.41, 5.74) is 1.63. The Bertz CT molecular complexity index is 1790. The molecule has 2 aliphatic rings. The van der Waals surface area contributed by atoms with Gasteiger partial charge in [-0.3, -0.25) is 23.7 Å². The third-order valence-corrected chi connectivity index (χ3v) is 10.9. The predicted molar refractivity (Wildman–Crippen MR) is 167 cm³/mol. The number of fused-ring (bicyclic) bond motifs is 2. The fourth-order valence-electron chi connectivity index (χ4n) is 5.08. The number of nitrogens with one attached hydrogen (secondary N) is 1. The summed E-state index contributed by atoms with van der Waals surface area (Å²) in [6, 6.07) is 18.7. The van der Waals surface area contributed by atoms with Gasteiger partial charge in [0.1, 0.15) is 11.8 Å². The zero-order chi connectivity index (χ0) is 29.0. The number of rotatable bonds is 5. The van der Waals surface area contributed by atoms with Crippen LogP contribution in [0.3, 0.4) is 0 Å². The Morgan fingerprint density at radius 1 is 0.927 bits per heavy atom. The molecule has 6 rings (SSSR count). The highest BCUT2D eigenvalue weighted by Gasteiger charge is 2.56. The number of carbonyl (C=O) groups is 3. The molecule has 0 spiro atoms. The van der Waals surface area contributed by atoms with Gasteiger partial charge in [-0.05, 0) is 60.2 Å². The van der Waals surface area contributed by atoms with Crippen LogP contribution < -0.4 is 15.1 Å². The van der Waals surface area contributed by atoms with E-state index in [9.17, 15) is 19.2 Å². The second kappa shape index (κ2) is 11.2. The molecule has 1 fully saturated rings. The van der Waals surface area contributed by atoms with E-state index in [2.05, 4.69) is 21.2 Å². The molecule has 0 radical (unpaired) electrons. The summed E-state index contributed by atoms with van der Waals surface area (Å²) in [6.07, 6.45) is 0. The number of hydrogen-bond acceptors (Lipinski definition) is 6. The van der Waals surface area contributed by atoms with Crippen LogP contribution in [0, 0.1) is 5.92 Å². The molecule has 7 nitrogen and oxygen atoms in total. The van der Waals surface area contributed by atoms with Gasteiger partial charge >= 0.3 is 4.87 Å². The SMILES string of the molecule is O=C(Cn1c2c(sc1=O)[C@H](c1cccc(Br)c1)C1C(=O)N(c3ccc(Cl)cc3)C(=O)C1S2)Nc1ccc(Cl)c(Cl)c1. The molecule has 0 aliphatic carbocycles. The first-order valence-electron chi connectivity index (χ1n) is 12.2. The molecule has 3 heterocycles. The molecule has 13 heteroatoms. The maximum Gasteiger partial charge on any atom is 0.308 e. The summed E-state index contributed by atoms with van der Waals surface area (Å²) in [4.78, 5) is 55.5. The Labute approximate surface area is 265 Å². The second-order valence-electron chi connectivity index (χ2n) is 9.39. The van der Waals surface area contributed by atoms with E-state index in [1.807, 2.05) is 24.3 Å². The van der Waals surface area contributed by atoms with E-state index in [0.717, 1.165) is 33.1 Å². The zero-order valence-electron chi connectivity index (χ0n) is 20.6. The number of anilines is 2. The van der Waals surface area contributed by atoms with Crippen molar-refractivity contribution < 1.29 is 14.4 Å². The first kappa shape index (κ1) is 28.5. The van der Waals surface area contributed by atoms with Crippen molar-refractivity contribution in [2.24, 2.45) is 5.92 Å². The topological polar surface area (TPSA) is 88.5 Å². The molecule has 41 heavy (non-hydrogen) atoms. The molecule has 3 amide bonds. The summed E-state index contributed by atoms with van der Waals surface area (Å²) < 4.78 is 2.16. The van der Waals surface area contributed by atoms with E-state index < -0.39 is 23.0 Å². The minimum atomic E-state index is -0.798. The molecule has 2 aliphatic heterocycles. The molecule has 2 unspecified atom stereocenters. The number of halogens is 4. The van der Waals surface area contributed by atoms with E-state index in [4.69, 9.17) is 34.8 Å². The minimum absolute atomic E-state index is 0.280. The summed E-state index contributed by atoms with van der Waals surface area (Å²) in [6.45, 7) is -0.288. The Morgan fingerprint density at radius 2 is 1.68 bits per heavy atom. The van der Waals surface area contributed by atoms with Gasteiger partial charge in [0.05, 0.1) is 26.7 Å². The van der Waals surface area contributed by atoms with Crippen LogP contribution in [0.1, 0.15) is 16.4 Å². The van der Waals surface area contributed by atoms with Crippen molar-refractivity contribution in [3.63, 3.8) is 0 Å². The maximum absolute atomic E-state index is 13.9. The Morgan fingerprint density at radius 3 is 2.39 bits per heavy atom. The van der Waals surface area contributed by atoms with Crippen molar-refractivity contribution in [2.45, 2.75) is 22.7 Å². The highest BCUT2D eigenvalue weighted by molar-refractivity contribution is 9.10. The third kappa shape index (κ3) is 5.26. The molecule has 0 saturated carbocycles. The van der Waals surface area contributed by atoms with Crippen molar-refractivity contribution in [1.82, 2.24) is 4.57 Å². The van der Waals surface area contributed by atoms with Crippen LogP contribution in [-0.4, -0.2) is 27.5 Å². The fraction of sp³-hybridized carbons (Fsp3) is 0.143. The standard InChI is InChI=1S/C28H17BrCl3N3O4S2/c29-14-3-1-2-13(10-14)21-22-23(26(38)35(25(22)37)17-7-4-15(30)5-8-17)40-27-24(21)41-28(39)34(27)12-20(36)33-16-6-9-18(31)19(32)11-16/h1-11,21-23H,12H2,(H,33,36)/t21-,22?,23?/m1/s1. The first-order chi connectivity index (χ1) is 19.6. The van der Waals surface area contributed by atoms with Crippen LogP contribution in [0.25, 0.3) is 0 Å². The average Bonchev–Trinajstić information content (AvgIpc) is 3.37. The molecular formula is C28H17BrCl3N3O4S2. The number of carbonyl (C=O) groups excluding carboxylic acids is 3. The molecule has 1 N–H and O–H groups in total. The Balaban J connectivity index is 1.40. The monoisotopic (exact) mass is 707 g/mol. The van der Waals surface area contributed by atoms with Crippen molar-refractivity contribution in [2.75, 3.05) is 10.2 Å². The smallest absolute Gasteiger partial charge is 0.308 e. The van der Waals surface area contributed by atoms with E-state index >= 15 is 0 Å². The number of thioether (sulfide) groups is 1. The minimum Gasteiger partial charge on any atom is -0.324 e. The van der Waals surface area contributed by atoms with E-state index in [1.165, 1.54) is 15.5 Å². The van der Waals surface area contributed by atoms with Gasteiger partial charge in [0.15, 0.2) is 0 Å². The van der Waals surface area contributed by atoms with Crippen molar-refractivity contribution in [1.29, 1.82) is 0 Å². The lowest BCUT2D eigenvalue weighted by Crippen LogP contribution is -2.33. The van der Waals surface area contributed by atoms with E-state index in [0.29, 0.717) is 31.3 Å². The second-order valence-corrected chi connectivity index (χ2v) is 13.7. The van der Waals surface area contributed by atoms with E-state index in [1.54, 1.807) is 36.4 Å². The normalized spacial score (nSPS) is 19.7. The van der Waals surface area contributed by atoms with Gasteiger partial charge in [0, 0.05) is 26.0 Å². The molecule has 4 aromatic rings. The van der Waals surface area contributed by atoms with Crippen LogP contribution in [0.4, 0.5) is 11.4 Å². The molecule has 0 bridgehead atoms. The first-order valence-corrected chi connectivity index (χ1v) is 15.8. The largest absolute Gasteiger partial charge is 0.324 e. The average molecular weight is 710 g/mol. The fourth-order valence-corrected chi connectivity index (χ4v) is 8.69. The molecule has 3 atom stereocenters. The summed E-state index contributed by atoms with van der Waals surface area (Å²) in [7, 11) is 0. The summed E-state index contributed by atoms with van der Waals surface area (Å²) >= 11 is 23.7. The third-order valence-electron chi connectivity index (χ3n) is 6.85. The van der Waals surface area contributed by atoms with Crippen molar-refractivity contribution in [3.8, 4) is 0 Å². The van der Waals surface area contributed by atoms with Gasteiger partial charge in [0.25, 0.3) is 0 Å². The van der Waals surface area contributed by atoms with Gasteiger partial charge in [-0.1, -0.05) is 86.0 Å². The van der Waals surface area contributed by atoms with E-state index in [-0.39, 0.29) is 28.3 Å². The lowest BCUT2D eigenvalue weighted by molar-refractivity contribution is -0.122. The predicted octanol–water partition coefficient (Wildman–Crippen LogP) is 7.07. The van der Waals surface area contributed by atoms with Crippen LogP contribution in [0.15, 0.2) is 81.0 Å². The Kier molecular flexibility index (Phi) is 7.82. The number of amides is 3. The van der Waals surface area contributed by atoms with Crippen LogP contribution in [0.2, 0.25) is 15.1 Å². The molecule has 3 aromatic carbocycles. The number of hydrogen-bond donors (Lipinski definition) is 1. The lowest BCUT2D eigenvalue weighted by Gasteiger charge is -2.30. The Hall–Kier alpha value is -2.60. The van der Waals surface area contributed by atoms with Gasteiger partial charge in [0.2, 0.25) is 17.7 Å². The van der Waals surface area contributed by atoms with Crippen molar-refractivity contribution >= 4 is 103 Å². The number of thiazole rings is 1. The number of benzene rings is 3. The highest BCUT2D eigenvalue weighted by Crippen LogP contribution is 2.54. The molecular weight excluding hydrogens is 693 g/mol. The van der Waals surface area contributed by atoms with Gasteiger partial charge < -0.3 is 5.32 Å².